The van der Waals surface area contributed by atoms with Crippen molar-refractivity contribution in [3.63, 3.8) is 0 Å². The van der Waals surface area contributed by atoms with Gasteiger partial charge < -0.3 is 35.1 Å². The Kier molecular flexibility index (Phi) is 12.9. The summed E-state index contributed by atoms with van der Waals surface area (Å²) in [6.45, 7) is -1.51. The lowest BCUT2D eigenvalue weighted by Gasteiger charge is -2.23. The summed E-state index contributed by atoms with van der Waals surface area (Å²) >= 11 is 0. The van der Waals surface area contributed by atoms with E-state index in [9.17, 15) is 37.5 Å². The normalized spacial score (nSPS) is 17.9. The monoisotopic (exact) mass is 802 g/mol. The first kappa shape index (κ1) is 41.6. The van der Waals surface area contributed by atoms with Crippen LogP contribution in [0.2, 0.25) is 0 Å². The zero-order chi connectivity index (χ0) is 41.6. The van der Waals surface area contributed by atoms with E-state index in [1.807, 2.05) is 97.1 Å². The van der Waals surface area contributed by atoms with Gasteiger partial charge in [0, 0.05) is 12.3 Å². The van der Waals surface area contributed by atoms with Crippen molar-refractivity contribution in [1.82, 2.24) is 14.5 Å². The molecule has 4 N–H and O–H groups in total. The molecule has 2 heterocycles. The number of alkyl halides is 3. The summed E-state index contributed by atoms with van der Waals surface area (Å²) in [4.78, 5) is 49.6. The maximum absolute atomic E-state index is 13.3. The Hall–Kier alpha value is -6.07. The molecule has 0 saturated carbocycles. The summed E-state index contributed by atoms with van der Waals surface area (Å²) in [7, 11) is 3.22. The van der Waals surface area contributed by atoms with Crippen LogP contribution in [0.15, 0.2) is 119 Å². The van der Waals surface area contributed by atoms with E-state index in [0.29, 0.717) is 12.8 Å². The molecule has 0 radical (unpaired) electrons. The fraction of sp³-hybridized carbons (Fsp3) is 0.286. The molecule has 4 aromatic carbocycles. The van der Waals surface area contributed by atoms with Gasteiger partial charge in [-0.25, -0.2) is 4.79 Å². The van der Waals surface area contributed by atoms with Crippen molar-refractivity contribution in [3.8, 4) is 11.5 Å². The SMILES string of the molecule is COc1ccc(Cc2ccc(C(OC[C@@H]3O[C@H](n4ccc(=O)n(C(=O)CNC(=O)C(F)(F)F)c4=O)C(N)C3O)c3ccc(Cc4ccc(OC)cc4)cc3)cc2)cc1. The number of aliphatic hydroxyl groups is 1. The van der Waals surface area contributed by atoms with Gasteiger partial charge in [-0.3, -0.25) is 19.0 Å². The van der Waals surface area contributed by atoms with Crippen molar-refractivity contribution in [1.29, 1.82) is 0 Å². The first-order valence-corrected chi connectivity index (χ1v) is 18.1. The number of nitrogens with one attached hydrogen (secondary N) is 1. The average Bonchev–Trinajstić information content (AvgIpc) is 3.50. The molecule has 1 fully saturated rings. The summed E-state index contributed by atoms with van der Waals surface area (Å²) in [6.07, 6.45) is -7.48. The van der Waals surface area contributed by atoms with Gasteiger partial charge in [0.1, 0.15) is 29.8 Å². The van der Waals surface area contributed by atoms with Crippen LogP contribution in [0.1, 0.15) is 50.5 Å². The zero-order valence-corrected chi connectivity index (χ0v) is 31.4. The Labute approximate surface area is 330 Å². The zero-order valence-electron chi connectivity index (χ0n) is 31.4. The molecule has 1 aromatic heterocycles. The van der Waals surface area contributed by atoms with Crippen LogP contribution < -0.4 is 31.8 Å². The molecule has 2 unspecified atom stereocenters. The second kappa shape index (κ2) is 18.0. The van der Waals surface area contributed by atoms with E-state index in [0.717, 1.165) is 61.7 Å². The number of halogens is 3. The number of aromatic nitrogens is 2. The summed E-state index contributed by atoms with van der Waals surface area (Å²) in [5, 5.41) is 12.5. The molecule has 0 bridgehead atoms. The maximum atomic E-state index is 13.3. The van der Waals surface area contributed by atoms with Crippen molar-refractivity contribution in [2.75, 3.05) is 27.4 Å². The van der Waals surface area contributed by atoms with Gasteiger partial charge in [-0.15, -0.1) is 0 Å². The predicted molar refractivity (Wildman–Crippen MR) is 205 cm³/mol. The van der Waals surface area contributed by atoms with E-state index in [2.05, 4.69) is 0 Å². The molecular weight excluding hydrogens is 761 g/mol. The minimum absolute atomic E-state index is 0.0512. The van der Waals surface area contributed by atoms with Gasteiger partial charge in [0.25, 0.3) is 11.5 Å². The third-order valence-electron chi connectivity index (χ3n) is 9.74. The highest BCUT2D eigenvalue weighted by molar-refractivity contribution is 5.88. The number of carbonyl (C=O) groups excluding carboxylic acids is 2. The van der Waals surface area contributed by atoms with Gasteiger partial charge in [-0.05, 0) is 70.5 Å². The Bertz CT molecular complexity index is 2220. The lowest BCUT2D eigenvalue weighted by molar-refractivity contribution is -0.173. The van der Waals surface area contributed by atoms with Crippen LogP contribution in [0.3, 0.4) is 0 Å². The lowest BCUT2D eigenvalue weighted by atomic mass is 9.96. The van der Waals surface area contributed by atoms with E-state index in [-0.39, 0.29) is 11.2 Å². The van der Waals surface area contributed by atoms with Crippen LogP contribution in [-0.4, -0.2) is 77.9 Å². The van der Waals surface area contributed by atoms with Crippen LogP contribution in [-0.2, 0) is 27.1 Å². The quantitative estimate of drug-likeness (QED) is 0.150. The Morgan fingerprint density at radius 2 is 1.26 bits per heavy atom. The maximum Gasteiger partial charge on any atom is 0.471 e. The minimum atomic E-state index is -5.29. The fourth-order valence-corrected chi connectivity index (χ4v) is 6.56. The largest absolute Gasteiger partial charge is 0.497 e. The number of nitrogens with two attached hydrogens (primary N) is 1. The molecule has 4 atom stereocenters. The van der Waals surface area contributed by atoms with E-state index < -0.39 is 66.4 Å². The number of carbonyl (C=O) groups is 2. The molecular formula is C42H41F3N4O9. The van der Waals surface area contributed by atoms with Crippen LogP contribution in [0.25, 0.3) is 0 Å². The third kappa shape index (κ3) is 9.71. The Balaban J connectivity index is 1.21. The topological polar surface area (TPSA) is 173 Å². The molecule has 5 aromatic rings. The summed E-state index contributed by atoms with van der Waals surface area (Å²) < 4.78 is 61.7. The molecule has 1 aliphatic heterocycles. The van der Waals surface area contributed by atoms with Crippen molar-refractivity contribution >= 4 is 11.8 Å². The standard InChI is InChI=1S/C42H41F3N4O9/c1-55-31-15-7-27(8-16-31)21-25-3-11-29(12-4-25)38(30-13-5-26(6-14-30)22-28-9-17-32(56-2)18-10-28)57-24-33-37(52)36(46)39(58-33)48-20-19-34(50)49(41(48)54)35(51)23-47-40(53)42(43,44)45/h3-20,33,36-39,52H,21-24,46H2,1-2H3,(H,47,53)/t33-,36?,37?,39-/m0/s1. The molecule has 0 aliphatic carbocycles. The molecule has 13 nitrogen and oxygen atoms in total. The molecule has 304 valence electrons. The molecule has 58 heavy (non-hydrogen) atoms. The highest BCUT2D eigenvalue weighted by Gasteiger charge is 2.44. The fourth-order valence-electron chi connectivity index (χ4n) is 6.56. The minimum Gasteiger partial charge on any atom is -0.497 e. The van der Waals surface area contributed by atoms with Crippen LogP contribution in [0.4, 0.5) is 13.2 Å². The number of rotatable bonds is 14. The van der Waals surface area contributed by atoms with Gasteiger partial charge in [0.2, 0.25) is 0 Å². The number of hydrogen-bond acceptors (Lipinski definition) is 10. The number of aliphatic hydroxyl groups excluding tert-OH is 1. The lowest BCUT2D eigenvalue weighted by Crippen LogP contribution is -2.50. The van der Waals surface area contributed by atoms with Crippen LogP contribution in [0, 0.1) is 0 Å². The molecule has 1 aliphatic rings. The number of benzene rings is 4. The van der Waals surface area contributed by atoms with Crippen molar-refractivity contribution < 1.29 is 46.8 Å². The van der Waals surface area contributed by atoms with E-state index in [1.165, 1.54) is 5.32 Å². The molecule has 1 saturated heterocycles. The van der Waals surface area contributed by atoms with E-state index in [4.69, 9.17) is 24.7 Å². The molecule has 0 spiro atoms. The van der Waals surface area contributed by atoms with E-state index in [1.54, 1.807) is 14.2 Å². The summed E-state index contributed by atoms with van der Waals surface area (Å²) in [6, 6.07) is 30.9. The van der Waals surface area contributed by atoms with Crippen LogP contribution >= 0.6 is 0 Å². The number of amides is 1. The summed E-state index contributed by atoms with van der Waals surface area (Å²) in [5.74, 6) is -2.33. The van der Waals surface area contributed by atoms with Crippen molar-refractivity contribution in [3.05, 3.63) is 164 Å². The second-order valence-electron chi connectivity index (χ2n) is 13.6. The predicted octanol–water partition coefficient (Wildman–Crippen LogP) is 3.92. The number of hydrogen-bond donors (Lipinski definition) is 3. The number of methoxy groups -OCH3 is 2. The Morgan fingerprint density at radius 3 is 1.71 bits per heavy atom. The summed E-state index contributed by atoms with van der Waals surface area (Å²) in [5.41, 5.74) is 9.73. The highest BCUT2D eigenvalue weighted by atomic mass is 19.4. The number of nitrogens with zero attached hydrogens (tertiary/aromatic N) is 2. The molecule has 16 heteroatoms. The van der Waals surface area contributed by atoms with Crippen molar-refractivity contribution in [2.45, 2.75) is 49.6 Å². The average molecular weight is 803 g/mol. The molecule has 6 rings (SSSR count). The highest BCUT2D eigenvalue weighted by Crippen LogP contribution is 2.32. The Morgan fingerprint density at radius 1 is 0.793 bits per heavy atom. The smallest absolute Gasteiger partial charge is 0.471 e. The number of ether oxygens (including phenoxy) is 4. The van der Waals surface area contributed by atoms with E-state index >= 15 is 0 Å². The third-order valence-corrected chi connectivity index (χ3v) is 9.74. The van der Waals surface area contributed by atoms with Gasteiger partial charge in [0.05, 0.1) is 33.4 Å². The molecule has 1 amide bonds. The van der Waals surface area contributed by atoms with Crippen molar-refractivity contribution in [2.24, 2.45) is 5.73 Å². The van der Waals surface area contributed by atoms with Crippen LogP contribution in [0.5, 0.6) is 11.5 Å². The first-order valence-electron chi connectivity index (χ1n) is 18.1. The van der Waals surface area contributed by atoms with Gasteiger partial charge >= 0.3 is 17.8 Å². The van der Waals surface area contributed by atoms with Gasteiger partial charge in [-0.1, -0.05) is 72.8 Å². The van der Waals surface area contributed by atoms with Gasteiger partial charge in [0.15, 0.2) is 6.23 Å². The second-order valence-corrected chi connectivity index (χ2v) is 13.6. The van der Waals surface area contributed by atoms with Gasteiger partial charge in [-0.2, -0.15) is 17.7 Å². The first-order chi connectivity index (χ1) is 27.7.